The predicted octanol–water partition coefficient (Wildman–Crippen LogP) is 5.66. The molecule has 2 aromatic carbocycles. The number of nitrogens with zero attached hydrogens (tertiary/aromatic N) is 2. The van der Waals surface area contributed by atoms with E-state index < -0.39 is 10.8 Å². The first-order chi connectivity index (χ1) is 15.5. The SMILES string of the molecule is CCOc1nc2c(cc1Br)N(CCCNCc1ccccc1)c1c(ccc(C)c1C)S2=O. The summed E-state index contributed by atoms with van der Waals surface area (Å²) in [6.07, 6.45) is 0.941. The molecule has 3 aromatic rings. The van der Waals surface area contributed by atoms with Gasteiger partial charge in [0.2, 0.25) is 5.88 Å². The number of hydrogen-bond donors (Lipinski definition) is 1. The average Bonchev–Trinajstić information content (AvgIpc) is 2.79. The third-order valence-electron chi connectivity index (χ3n) is 5.68. The minimum Gasteiger partial charge on any atom is -0.477 e. The molecule has 0 spiro atoms. The molecule has 0 fully saturated rings. The molecule has 1 aromatic heterocycles. The fourth-order valence-corrected chi connectivity index (χ4v) is 5.71. The van der Waals surface area contributed by atoms with Crippen LogP contribution >= 0.6 is 15.9 Å². The number of fused-ring (bicyclic) bond motifs is 2. The molecule has 0 amide bonds. The van der Waals surface area contributed by atoms with Gasteiger partial charge in [0.15, 0.2) is 5.03 Å². The van der Waals surface area contributed by atoms with E-state index in [0.29, 0.717) is 17.5 Å². The van der Waals surface area contributed by atoms with Gasteiger partial charge in [-0.1, -0.05) is 36.4 Å². The second-order valence-corrected chi connectivity index (χ2v) is 10.0. The molecule has 0 saturated carbocycles. The fourth-order valence-electron chi connectivity index (χ4n) is 3.92. The standard InChI is InChI=1S/C25H28BrN3O2S/c1-4-31-24-20(26)15-21-25(28-24)32(30)22-12-11-17(2)18(3)23(22)29(21)14-8-13-27-16-19-9-6-5-7-10-19/h5-7,9-12,15,27H,4,8,13-14,16H2,1-3H3. The number of ether oxygens (including phenoxy) is 1. The van der Waals surface area contributed by atoms with Gasteiger partial charge in [0.1, 0.15) is 10.8 Å². The van der Waals surface area contributed by atoms with Crippen LogP contribution in [0.4, 0.5) is 11.4 Å². The second kappa shape index (κ2) is 10.1. The van der Waals surface area contributed by atoms with Crippen LogP contribution in [0.2, 0.25) is 0 Å². The Hall–Kier alpha value is -2.22. The predicted molar refractivity (Wildman–Crippen MR) is 133 cm³/mol. The molecule has 0 bridgehead atoms. The minimum atomic E-state index is -1.35. The number of nitrogens with one attached hydrogen (secondary N) is 1. The molecular weight excluding hydrogens is 486 g/mol. The van der Waals surface area contributed by atoms with Crippen LogP contribution < -0.4 is 15.0 Å². The summed E-state index contributed by atoms with van der Waals surface area (Å²) in [4.78, 5) is 7.73. The van der Waals surface area contributed by atoms with Crippen LogP contribution in [-0.2, 0) is 17.3 Å². The van der Waals surface area contributed by atoms with E-state index in [9.17, 15) is 4.21 Å². The Morgan fingerprint density at radius 2 is 1.94 bits per heavy atom. The summed E-state index contributed by atoms with van der Waals surface area (Å²) in [5.41, 5.74) is 5.54. The van der Waals surface area contributed by atoms with Gasteiger partial charge in [0, 0.05) is 13.1 Å². The molecule has 1 N–H and O–H groups in total. The molecular formula is C25H28BrN3O2S. The summed E-state index contributed by atoms with van der Waals surface area (Å²) < 4.78 is 19.9. The molecule has 1 aliphatic heterocycles. The van der Waals surface area contributed by atoms with Crippen molar-refractivity contribution in [1.29, 1.82) is 0 Å². The minimum absolute atomic E-state index is 0.483. The van der Waals surface area contributed by atoms with E-state index in [1.807, 2.05) is 31.2 Å². The number of rotatable bonds is 8. The van der Waals surface area contributed by atoms with Crippen LogP contribution in [-0.4, -0.2) is 28.9 Å². The van der Waals surface area contributed by atoms with Crippen LogP contribution in [0.15, 0.2) is 62.9 Å². The van der Waals surface area contributed by atoms with Gasteiger partial charge < -0.3 is 15.0 Å². The zero-order chi connectivity index (χ0) is 22.7. The molecule has 32 heavy (non-hydrogen) atoms. The molecule has 1 aliphatic rings. The number of aryl methyl sites for hydroxylation is 1. The van der Waals surface area contributed by atoms with Gasteiger partial charge in [-0.25, -0.2) is 9.19 Å². The van der Waals surface area contributed by atoms with Crippen molar-refractivity contribution >= 4 is 38.1 Å². The van der Waals surface area contributed by atoms with E-state index in [-0.39, 0.29) is 0 Å². The normalized spacial score (nSPS) is 14.8. The van der Waals surface area contributed by atoms with Crippen LogP contribution in [0, 0.1) is 13.8 Å². The monoisotopic (exact) mass is 513 g/mol. The van der Waals surface area contributed by atoms with E-state index in [0.717, 1.165) is 52.4 Å². The Bertz CT molecular complexity index is 1140. The van der Waals surface area contributed by atoms with Gasteiger partial charge in [0.05, 0.1) is 27.3 Å². The Labute approximate surface area is 200 Å². The summed E-state index contributed by atoms with van der Waals surface area (Å²) >= 11 is 3.59. The topological polar surface area (TPSA) is 54.5 Å². The van der Waals surface area contributed by atoms with E-state index in [1.165, 1.54) is 11.1 Å². The Balaban J connectivity index is 1.60. The highest BCUT2D eigenvalue weighted by molar-refractivity contribution is 9.10. The van der Waals surface area contributed by atoms with Crippen molar-refractivity contribution in [3.05, 3.63) is 69.7 Å². The maximum Gasteiger partial charge on any atom is 0.229 e. The van der Waals surface area contributed by atoms with E-state index in [4.69, 9.17) is 4.74 Å². The number of hydrogen-bond acceptors (Lipinski definition) is 5. The van der Waals surface area contributed by atoms with Gasteiger partial charge in [-0.15, -0.1) is 0 Å². The van der Waals surface area contributed by atoms with Gasteiger partial charge >= 0.3 is 0 Å². The first-order valence-corrected chi connectivity index (χ1v) is 12.8. The largest absolute Gasteiger partial charge is 0.477 e. The van der Waals surface area contributed by atoms with Gasteiger partial charge in [-0.05, 0) is 78.5 Å². The third-order valence-corrected chi connectivity index (χ3v) is 7.63. The number of halogens is 1. The molecule has 0 radical (unpaired) electrons. The molecule has 5 nitrogen and oxygen atoms in total. The summed E-state index contributed by atoms with van der Waals surface area (Å²) in [5, 5.41) is 4.09. The number of benzene rings is 2. The lowest BCUT2D eigenvalue weighted by Gasteiger charge is -2.34. The molecule has 2 heterocycles. The Kier molecular flexibility index (Phi) is 7.28. The van der Waals surface area contributed by atoms with Crippen LogP contribution in [0.1, 0.15) is 30.0 Å². The average molecular weight is 514 g/mol. The van der Waals surface area contributed by atoms with E-state index in [1.54, 1.807) is 0 Å². The van der Waals surface area contributed by atoms with Crippen molar-refractivity contribution in [2.75, 3.05) is 24.6 Å². The second-order valence-electron chi connectivity index (χ2n) is 7.82. The summed E-state index contributed by atoms with van der Waals surface area (Å²) in [6, 6.07) is 16.4. The van der Waals surface area contributed by atoms with Crippen molar-refractivity contribution in [3.63, 3.8) is 0 Å². The first-order valence-electron chi connectivity index (χ1n) is 10.9. The van der Waals surface area contributed by atoms with Crippen molar-refractivity contribution < 1.29 is 8.95 Å². The third kappa shape index (κ3) is 4.60. The number of pyridine rings is 1. The highest BCUT2D eigenvalue weighted by atomic mass is 79.9. The fraction of sp³-hybridized carbons (Fsp3) is 0.320. The van der Waals surface area contributed by atoms with Crippen LogP contribution in [0.25, 0.3) is 0 Å². The van der Waals surface area contributed by atoms with Crippen molar-refractivity contribution in [2.24, 2.45) is 0 Å². The zero-order valence-electron chi connectivity index (χ0n) is 18.7. The highest BCUT2D eigenvalue weighted by Crippen LogP contribution is 2.46. The zero-order valence-corrected chi connectivity index (χ0v) is 21.1. The van der Waals surface area contributed by atoms with Crippen molar-refractivity contribution in [1.82, 2.24) is 10.3 Å². The van der Waals surface area contributed by atoms with Gasteiger partial charge in [0.25, 0.3) is 0 Å². The molecule has 1 atom stereocenters. The van der Waals surface area contributed by atoms with E-state index in [2.05, 4.69) is 69.2 Å². The molecule has 4 rings (SSSR count). The molecule has 0 saturated heterocycles. The molecule has 168 valence electrons. The number of aromatic nitrogens is 1. The lowest BCUT2D eigenvalue weighted by molar-refractivity contribution is 0.322. The Morgan fingerprint density at radius 1 is 1.16 bits per heavy atom. The summed E-state index contributed by atoms with van der Waals surface area (Å²) in [7, 11) is -1.35. The first kappa shape index (κ1) is 23.0. The smallest absolute Gasteiger partial charge is 0.229 e. The molecule has 7 heteroatoms. The maximum absolute atomic E-state index is 13.5. The van der Waals surface area contributed by atoms with Crippen molar-refractivity contribution in [2.45, 2.75) is 43.7 Å². The van der Waals surface area contributed by atoms with Gasteiger partial charge in [-0.3, -0.25) is 0 Å². The quantitative estimate of drug-likeness (QED) is 0.394. The van der Waals surface area contributed by atoms with Crippen molar-refractivity contribution in [3.8, 4) is 5.88 Å². The summed E-state index contributed by atoms with van der Waals surface area (Å²) in [5.74, 6) is 0.483. The lowest BCUT2D eigenvalue weighted by atomic mass is 10.1. The van der Waals surface area contributed by atoms with Crippen LogP contribution in [0.3, 0.4) is 0 Å². The lowest BCUT2D eigenvalue weighted by Crippen LogP contribution is -2.29. The molecule has 0 aliphatic carbocycles. The molecule has 1 unspecified atom stereocenters. The maximum atomic E-state index is 13.5. The van der Waals surface area contributed by atoms with E-state index >= 15 is 0 Å². The highest BCUT2D eigenvalue weighted by Gasteiger charge is 2.32. The summed E-state index contributed by atoms with van der Waals surface area (Å²) in [6.45, 7) is 9.15. The Morgan fingerprint density at radius 3 is 2.69 bits per heavy atom. The van der Waals surface area contributed by atoms with Crippen LogP contribution in [0.5, 0.6) is 5.88 Å². The number of anilines is 2. The van der Waals surface area contributed by atoms with Gasteiger partial charge in [-0.2, -0.15) is 0 Å².